The van der Waals surface area contributed by atoms with Gasteiger partial charge in [-0.25, -0.2) is 0 Å². The van der Waals surface area contributed by atoms with Gasteiger partial charge in [-0.15, -0.1) is 0 Å². The number of rotatable bonds is 4. The lowest BCUT2D eigenvalue weighted by Gasteiger charge is -2.38. The van der Waals surface area contributed by atoms with Crippen LogP contribution < -0.4 is 0 Å². The zero-order chi connectivity index (χ0) is 11.7. The molecular weight excluding hydrogens is 206 g/mol. The fourth-order valence-electron chi connectivity index (χ4n) is 2.57. The number of aliphatic hydroxyl groups excluding tert-OH is 1. The third-order valence-corrected chi connectivity index (χ3v) is 3.96. The minimum Gasteiger partial charge on any atom is -0.480 e. The van der Waals surface area contributed by atoms with E-state index in [-0.39, 0.29) is 12.0 Å². The molecule has 4 nitrogen and oxygen atoms in total. The Morgan fingerprint density at radius 1 is 1.44 bits per heavy atom. The quantitative estimate of drug-likeness (QED) is 0.750. The third kappa shape index (κ3) is 2.74. The van der Waals surface area contributed by atoms with Crippen LogP contribution in [0, 0.1) is 11.8 Å². The Hall–Kier alpha value is -0.610. The molecule has 0 unspecified atom stereocenters. The molecule has 2 fully saturated rings. The summed E-state index contributed by atoms with van der Waals surface area (Å²) in [5.41, 5.74) is 0. The van der Waals surface area contributed by atoms with Gasteiger partial charge in [-0.2, -0.15) is 0 Å². The fourth-order valence-corrected chi connectivity index (χ4v) is 2.57. The Labute approximate surface area is 96.3 Å². The summed E-state index contributed by atoms with van der Waals surface area (Å²) >= 11 is 0. The maximum Gasteiger partial charge on any atom is 0.320 e. The van der Waals surface area contributed by atoms with Crippen molar-refractivity contribution in [3.8, 4) is 0 Å². The van der Waals surface area contributed by atoms with Crippen LogP contribution in [0.1, 0.15) is 32.6 Å². The number of nitrogens with zero attached hydrogens (tertiary/aromatic N) is 1. The van der Waals surface area contributed by atoms with Crippen LogP contribution in [0.5, 0.6) is 0 Å². The van der Waals surface area contributed by atoms with E-state index >= 15 is 0 Å². The topological polar surface area (TPSA) is 60.8 Å². The van der Waals surface area contributed by atoms with Gasteiger partial charge in [0.2, 0.25) is 0 Å². The van der Waals surface area contributed by atoms with Gasteiger partial charge in [-0.1, -0.05) is 12.8 Å². The molecule has 0 spiro atoms. The second-order valence-corrected chi connectivity index (χ2v) is 5.30. The lowest BCUT2D eigenvalue weighted by Crippen LogP contribution is -2.49. The normalized spacial score (nSPS) is 33.6. The Balaban J connectivity index is 1.89. The van der Waals surface area contributed by atoms with E-state index in [9.17, 15) is 9.90 Å². The number of carbonyl (C=O) groups is 1. The molecule has 1 saturated heterocycles. The molecule has 1 aliphatic heterocycles. The lowest BCUT2D eigenvalue weighted by atomic mass is 9.89. The van der Waals surface area contributed by atoms with Gasteiger partial charge in [0.15, 0.2) is 0 Å². The molecule has 92 valence electrons. The van der Waals surface area contributed by atoms with Gasteiger partial charge in [-0.3, -0.25) is 9.69 Å². The van der Waals surface area contributed by atoms with Crippen LogP contribution in [0.4, 0.5) is 0 Å². The Bertz CT molecular complexity index is 265. The molecule has 0 amide bonds. The largest absolute Gasteiger partial charge is 0.480 e. The number of carboxylic acid groups (broad SMARTS) is 1. The highest BCUT2D eigenvalue weighted by Gasteiger charge is 2.35. The van der Waals surface area contributed by atoms with E-state index in [1.54, 1.807) is 6.92 Å². The molecule has 0 aromatic carbocycles. The minimum absolute atomic E-state index is 0.224. The second-order valence-electron chi connectivity index (χ2n) is 5.30. The average molecular weight is 227 g/mol. The van der Waals surface area contributed by atoms with Crippen LogP contribution in [0.15, 0.2) is 0 Å². The molecule has 1 heterocycles. The number of carboxylic acids is 1. The first-order chi connectivity index (χ1) is 7.58. The Morgan fingerprint density at radius 3 is 2.69 bits per heavy atom. The highest BCUT2D eigenvalue weighted by atomic mass is 16.4. The van der Waals surface area contributed by atoms with Crippen LogP contribution in [-0.4, -0.2) is 46.3 Å². The van der Waals surface area contributed by atoms with Crippen molar-refractivity contribution in [2.24, 2.45) is 11.8 Å². The van der Waals surface area contributed by atoms with Crippen LogP contribution in [-0.2, 0) is 4.79 Å². The molecule has 2 N–H and O–H groups in total. The number of aliphatic carboxylic acids is 1. The Kier molecular flexibility index (Phi) is 3.50. The van der Waals surface area contributed by atoms with E-state index in [1.807, 2.05) is 4.90 Å². The number of piperidine rings is 1. The second kappa shape index (κ2) is 4.72. The third-order valence-electron chi connectivity index (χ3n) is 3.96. The molecule has 2 aliphatic rings. The van der Waals surface area contributed by atoms with Gasteiger partial charge in [-0.05, 0) is 31.6 Å². The zero-order valence-electron chi connectivity index (χ0n) is 9.80. The minimum atomic E-state index is -0.762. The van der Waals surface area contributed by atoms with Crippen molar-refractivity contribution in [1.29, 1.82) is 0 Å². The number of hydrogen-bond donors (Lipinski definition) is 2. The molecule has 4 heteroatoms. The van der Waals surface area contributed by atoms with E-state index in [2.05, 4.69) is 0 Å². The van der Waals surface area contributed by atoms with E-state index in [4.69, 9.17) is 5.11 Å². The molecule has 0 aromatic rings. The maximum absolute atomic E-state index is 10.9. The SMILES string of the molecule is C[C@H](C(=O)O)N1CC[C@@H](O)[C@H](CC2CC2)C1. The van der Waals surface area contributed by atoms with Crippen molar-refractivity contribution in [3.05, 3.63) is 0 Å². The lowest BCUT2D eigenvalue weighted by molar-refractivity contribution is -0.144. The summed E-state index contributed by atoms with van der Waals surface area (Å²) < 4.78 is 0. The molecule has 0 radical (unpaired) electrons. The maximum atomic E-state index is 10.9. The number of hydrogen-bond acceptors (Lipinski definition) is 3. The highest BCUT2D eigenvalue weighted by molar-refractivity contribution is 5.72. The van der Waals surface area contributed by atoms with Crippen LogP contribution in [0.2, 0.25) is 0 Å². The van der Waals surface area contributed by atoms with Gasteiger partial charge < -0.3 is 10.2 Å². The smallest absolute Gasteiger partial charge is 0.320 e. The van der Waals surface area contributed by atoms with Crippen LogP contribution in [0.3, 0.4) is 0 Å². The van der Waals surface area contributed by atoms with Gasteiger partial charge >= 0.3 is 5.97 Å². The first-order valence-corrected chi connectivity index (χ1v) is 6.23. The molecule has 0 bridgehead atoms. The summed E-state index contributed by atoms with van der Waals surface area (Å²) in [5.74, 6) is 0.310. The molecule has 3 atom stereocenters. The number of likely N-dealkylation sites (tertiary alicyclic amines) is 1. The van der Waals surface area contributed by atoms with Gasteiger partial charge in [0.1, 0.15) is 6.04 Å². The van der Waals surface area contributed by atoms with Gasteiger partial charge in [0, 0.05) is 13.1 Å². The molecule has 1 saturated carbocycles. The summed E-state index contributed by atoms with van der Waals surface area (Å²) in [7, 11) is 0. The molecular formula is C12H21NO3. The van der Waals surface area contributed by atoms with Crippen LogP contribution in [0.25, 0.3) is 0 Å². The summed E-state index contributed by atoms with van der Waals surface area (Å²) in [6.45, 7) is 3.18. The van der Waals surface area contributed by atoms with E-state index in [1.165, 1.54) is 12.8 Å². The standard InChI is InChI=1S/C12H21NO3/c1-8(12(15)16)13-5-4-11(14)10(7-13)6-9-2-3-9/h8-11,14H,2-7H2,1H3,(H,15,16)/t8-,10-,11-/m1/s1. The monoisotopic (exact) mass is 227 g/mol. The van der Waals surface area contributed by atoms with Gasteiger partial charge in [0.05, 0.1) is 6.10 Å². The first-order valence-electron chi connectivity index (χ1n) is 6.23. The summed E-state index contributed by atoms with van der Waals surface area (Å²) in [5, 5.41) is 18.9. The van der Waals surface area contributed by atoms with E-state index in [0.717, 1.165) is 25.3 Å². The predicted molar refractivity (Wildman–Crippen MR) is 60.1 cm³/mol. The van der Waals surface area contributed by atoms with Crippen molar-refractivity contribution >= 4 is 5.97 Å². The first kappa shape index (κ1) is 11.9. The van der Waals surface area contributed by atoms with Crippen molar-refractivity contribution < 1.29 is 15.0 Å². The average Bonchev–Trinajstić information content (AvgIpc) is 3.04. The highest BCUT2D eigenvalue weighted by Crippen LogP contribution is 2.38. The number of aliphatic hydroxyl groups is 1. The van der Waals surface area contributed by atoms with Crippen LogP contribution >= 0.6 is 0 Å². The molecule has 1 aliphatic carbocycles. The summed E-state index contributed by atoms with van der Waals surface area (Å²) in [4.78, 5) is 12.9. The summed E-state index contributed by atoms with van der Waals surface area (Å²) in [6, 6.07) is -0.422. The summed E-state index contributed by atoms with van der Waals surface area (Å²) in [6.07, 6.45) is 4.15. The fraction of sp³-hybridized carbons (Fsp3) is 0.917. The van der Waals surface area contributed by atoms with E-state index < -0.39 is 12.0 Å². The van der Waals surface area contributed by atoms with Gasteiger partial charge in [0.25, 0.3) is 0 Å². The Morgan fingerprint density at radius 2 is 2.12 bits per heavy atom. The molecule has 16 heavy (non-hydrogen) atoms. The van der Waals surface area contributed by atoms with Crippen molar-refractivity contribution in [2.75, 3.05) is 13.1 Å². The van der Waals surface area contributed by atoms with Crippen molar-refractivity contribution in [3.63, 3.8) is 0 Å². The molecule has 0 aromatic heterocycles. The molecule has 2 rings (SSSR count). The predicted octanol–water partition coefficient (Wildman–Crippen LogP) is 0.942. The van der Waals surface area contributed by atoms with E-state index in [0.29, 0.717) is 6.54 Å². The van der Waals surface area contributed by atoms with Crippen molar-refractivity contribution in [1.82, 2.24) is 4.90 Å². The van der Waals surface area contributed by atoms with Crippen molar-refractivity contribution in [2.45, 2.75) is 44.8 Å². The zero-order valence-corrected chi connectivity index (χ0v) is 9.80.